The monoisotopic (exact) mass is 390 g/mol. The van der Waals surface area contributed by atoms with Crippen molar-refractivity contribution in [3.8, 4) is 11.1 Å². The van der Waals surface area contributed by atoms with Gasteiger partial charge in [-0.3, -0.25) is 9.59 Å². The van der Waals surface area contributed by atoms with Crippen molar-refractivity contribution in [3.05, 3.63) is 72.8 Å². The van der Waals surface area contributed by atoms with Gasteiger partial charge in [0.2, 0.25) is 11.8 Å². The standard InChI is InChI=1S/C25H30N2O2/c1-3-10-24(28)27-17-16-26(15-4-2)25(29)22(19-27)18-21-13-8-9-14-23(21)20-11-6-5-7-12-20/h4-9,11-14,22H,2-3,10,15-19H2,1H3/t22-/m1/s1. The lowest BCUT2D eigenvalue weighted by atomic mass is 9.91. The summed E-state index contributed by atoms with van der Waals surface area (Å²) in [6.07, 6.45) is 3.73. The Hall–Kier alpha value is -2.88. The lowest BCUT2D eigenvalue weighted by Gasteiger charge is -2.24. The van der Waals surface area contributed by atoms with Crippen LogP contribution in [0.15, 0.2) is 67.3 Å². The van der Waals surface area contributed by atoms with Gasteiger partial charge in [0.1, 0.15) is 0 Å². The normalized spacial score (nSPS) is 17.1. The second kappa shape index (κ2) is 10.1. The number of rotatable bonds is 7. The third-order valence-electron chi connectivity index (χ3n) is 5.48. The first-order valence-corrected chi connectivity index (χ1v) is 10.4. The topological polar surface area (TPSA) is 40.6 Å². The smallest absolute Gasteiger partial charge is 0.228 e. The molecule has 1 heterocycles. The Bertz CT molecular complexity index is 847. The van der Waals surface area contributed by atoms with Crippen LogP contribution in [0.5, 0.6) is 0 Å². The fraction of sp³-hybridized carbons (Fsp3) is 0.360. The summed E-state index contributed by atoms with van der Waals surface area (Å²) in [5.74, 6) is 0.00443. The van der Waals surface area contributed by atoms with E-state index in [0.29, 0.717) is 39.0 Å². The Balaban J connectivity index is 1.89. The van der Waals surface area contributed by atoms with Crippen molar-refractivity contribution in [1.29, 1.82) is 0 Å². The lowest BCUT2D eigenvalue weighted by molar-refractivity contribution is -0.134. The molecule has 0 saturated carbocycles. The van der Waals surface area contributed by atoms with E-state index in [2.05, 4.69) is 30.8 Å². The van der Waals surface area contributed by atoms with Crippen molar-refractivity contribution < 1.29 is 9.59 Å². The second-order valence-corrected chi connectivity index (χ2v) is 7.59. The minimum Gasteiger partial charge on any atom is -0.340 e. The fourth-order valence-corrected chi connectivity index (χ4v) is 4.00. The van der Waals surface area contributed by atoms with Crippen molar-refractivity contribution in [1.82, 2.24) is 9.80 Å². The van der Waals surface area contributed by atoms with Gasteiger partial charge in [0.05, 0.1) is 5.92 Å². The summed E-state index contributed by atoms with van der Waals surface area (Å²) in [7, 11) is 0. The molecular formula is C25H30N2O2. The van der Waals surface area contributed by atoms with Crippen LogP contribution in [0.25, 0.3) is 11.1 Å². The van der Waals surface area contributed by atoms with Crippen LogP contribution in [0.3, 0.4) is 0 Å². The van der Waals surface area contributed by atoms with Crippen LogP contribution in [-0.2, 0) is 16.0 Å². The maximum Gasteiger partial charge on any atom is 0.228 e. The van der Waals surface area contributed by atoms with Crippen molar-refractivity contribution in [3.63, 3.8) is 0 Å². The molecule has 1 saturated heterocycles. The molecule has 0 radical (unpaired) electrons. The van der Waals surface area contributed by atoms with E-state index in [-0.39, 0.29) is 17.7 Å². The number of hydrogen-bond donors (Lipinski definition) is 0. The van der Waals surface area contributed by atoms with E-state index < -0.39 is 0 Å². The van der Waals surface area contributed by atoms with E-state index in [1.807, 2.05) is 47.1 Å². The molecule has 3 rings (SSSR count). The quantitative estimate of drug-likeness (QED) is 0.666. The zero-order chi connectivity index (χ0) is 20.6. The van der Waals surface area contributed by atoms with E-state index in [9.17, 15) is 9.59 Å². The van der Waals surface area contributed by atoms with Gasteiger partial charge in [-0.25, -0.2) is 0 Å². The second-order valence-electron chi connectivity index (χ2n) is 7.59. The van der Waals surface area contributed by atoms with Gasteiger partial charge in [-0.2, -0.15) is 0 Å². The molecule has 4 nitrogen and oxygen atoms in total. The maximum atomic E-state index is 13.3. The van der Waals surface area contributed by atoms with Crippen molar-refractivity contribution in [2.24, 2.45) is 5.92 Å². The molecule has 0 unspecified atom stereocenters. The molecule has 2 amide bonds. The molecule has 2 aromatic rings. The summed E-state index contributed by atoms with van der Waals surface area (Å²) in [4.78, 5) is 29.5. The first kappa shape index (κ1) is 20.8. The van der Waals surface area contributed by atoms with Crippen LogP contribution in [-0.4, -0.2) is 47.8 Å². The third kappa shape index (κ3) is 5.14. The zero-order valence-corrected chi connectivity index (χ0v) is 17.2. The summed E-state index contributed by atoms with van der Waals surface area (Å²) >= 11 is 0. The van der Waals surface area contributed by atoms with Crippen LogP contribution in [0.4, 0.5) is 0 Å². The summed E-state index contributed by atoms with van der Waals surface area (Å²) < 4.78 is 0. The Labute approximate surface area is 173 Å². The van der Waals surface area contributed by atoms with E-state index in [1.54, 1.807) is 6.08 Å². The molecule has 0 bridgehead atoms. The third-order valence-corrected chi connectivity index (χ3v) is 5.48. The van der Waals surface area contributed by atoms with Gasteiger partial charge in [0, 0.05) is 32.6 Å². The first-order valence-electron chi connectivity index (χ1n) is 10.4. The van der Waals surface area contributed by atoms with E-state index in [1.165, 1.54) is 0 Å². The summed E-state index contributed by atoms with van der Waals surface area (Å²) in [6, 6.07) is 18.5. The fourth-order valence-electron chi connectivity index (χ4n) is 4.00. The van der Waals surface area contributed by atoms with Crippen LogP contribution in [0.1, 0.15) is 25.3 Å². The molecule has 1 atom stereocenters. The van der Waals surface area contributed by atoms with Gasteiger partial charge in [-0.1, -0.05) is 67.6 Å². The largest absolute Gasteiger partial charge is 0.340 e. The zero-order valence-electron chi connectivity index (χ0n) is 17.2. The summed E-state index contributed by atoms with van der Waals surface area (Å²) in [6.45, 7) is 7.96. The molecular weight excluding hydrogens is 360 g/mol. The van der Waals surface area contributed by atoms with E-state index in [0.717, 1.165) is 23.1 Å². The van der Waals surface area contributed by atoms with Crippen molar-refractivity contribution >= 4 is 11.8 Å². The minimum atomic E-state index is -0.247. The molecule has 152 valence electrons. The molecule has 1 aliphatic heterocycles. The average molecular weight is 391 g/mol. The number of carbonyl (C=O) groups excluding carboxylic acids is 2. The SMILES string of the molecule is C=CCN1CCN(C(=O)CCC)C[C@@H](Cc2ccccc2-c2ccccc2)C1=O. The Kier molecular flexibility index (Phi) is 7.23. The maximum absolute atomic E-state index is 13.3. The van der Waals surface area contributed by atoms with Crippen LogP contribution in [0.2, 0.25) is 0 Å². The predicted octanol–water partition coefficient (Wildman–Crippen LogP) is 4.17. The van der Waals surface area contributed by atoms with Gasteiger partial charge in [0.25, 0.3) is 0 Å². The Morgan fingerprint density at radius 1 is 1.10 bits per heavy atom. The number of amides is 2. The first-order chi connectivity index (χ1) is 14.1. The minimum absolute atomic E-state index is 0.111. The van der Waals surface area contributed by atoms with Gasteiger partial charge >= 0.3 is 0 Å². The van der Waals surface area contributed by atoms with Gasteiger partial charge in [0.15, 0.2) is 0 Å². The van der Waals surface area contributed by atoms with Gasteiger partial charge in [-0.05, 0) is 29.5 Å². The number of nitrogens with zero attached hydrogens (tertiary/aromatic N) is 2. The molecule has 0 aromatic heterocycles. The van der Waals surface area contributed by atoms with E-state index >= 15 is 0 Å². The van der Waals surface area contributed by atoms with Crippen LogP contribution in [0, 0.1) is 5.92 Å². The predicted molar refractivity (Wildman–Crippen MR) is 117 cm³/mol. The summed E-state index contributed by atoms with van der Waals surface area (Å²) in [5.41, 5.74) is 3.43. The molecule has 29 heavy (non-hydrogen) atoms. The highest BCUT2D eigenvalue weighted by Gasteiger charge is 2.32. The molecule has 0 N–H and O–H groups in total. The lowest BCUT2D eigenvalue weighted by Crippen LogP contribution is -2.38. The Morgan fingerprint density at radius 3 is 2.55 bits per heavy atom. The van der Waals surface area contributed by atoms with Crippen molar-refractivity contribution in [2.75, 3.05) is 26.2 Å². The summed E-state index contributed by atoms with van der Waals surface area (Å²) in [5, 5.41) is 0. The van der Waals surface area contributed by atoms with Crippen LogP contribution < -0.4 is 0 Å². The average Bonchev–Trinajstić information content (AvgIpc) is 2.89. The highest BCUT2D eigenvalue weighted by atomic mass is 16.2. The van der Waals surface area contributed by atoms with Gasteiger partial charge in [-0.15, -0.1) is 6.58 Å². The van der Waals surface area contributed by atoms with Gasteiger partial charge < -0.3 is 9.80 Å². The molecule has 2 aromatic carbocycles. The molecule has 1 aliphatic rings. The highest BCUT2D eigenvalue weighted by molar-refractivity contribution is 5.83. The highest BCUT2D eigenvalue weighted by Crippen LogP contribution is 2.27. The van der Waals surface area contributed by atoms with Crippen molar-refractivity contribution in [2.45, 2.75) is 26.2 Å². The molecule has 0 spiro atoms. The molecule has 1 fully saturated rings. The molecule has 0 aliphatic carbocycles. The Morgan fingerprint density at radius 2 is 1.83 bits per heavy atom. The number of carbonyl (C=O) groups is 2. The number of benzene rings is 2. The molecule has 4 heteroatoms. The number of hydrogen-bond acceptors (Lipinski definition) is 2. The van der Waals surface area contributed by atoms with E-state index in [4.69, 9.17) is 0 Å². The van der Waals surface area contributed by atoms with Crippen LogP contribution >= 0.6 is 0 Å².